The molecule has 0 saturated heterocycles. The van der Waals surface area contributed by atoms with Crippen LogP contribution < -0.4 is 4.90 Å². The Labute approximate surface area is 323 Å². The minimum Gasteiger partial charge on any atom is -0.310 e. The number of benzene rings is 6. The Morgan fingerprint density at radius 1 is 0.500 bits per heavy atom. The second-order valence-corrected chi connectivity index (χ2v) is 15.7. The van der Waals surface area contributed by atoms with Gasteiger partial charge in [-0.15, -0.1) is 0 Å². The normalized spacial score (nSPS) is 14.5. The van der Waals surface area contributed by atoms with Crippen LogP contribution in [0.4, 0.5) is 17.1 Å². The first-order valence-corrected chi connectivity index (χ1v) is 20.3. The van der Waals surface area contributed by atoms with Gasteiger partial charge in [-0.1, -0.05) is 145 Å². The number of rotatable bonds is 8. The average Bonchev–Trinajstić information content (AvgIpc) is 3.21. The van der Waals surface area contributed by atoms with E-state index in [1.54, 1.807) is 11.1 Å². The van der Waals surface area contributed by atoms with E-state index >= 15 is 0 Å². The fourth-order valence-electron chi connectivity index (χ4n) is 8.47. The molecule has 0 unspecified atom stereocenters. The molecule has 2 aliphatic rings. The third-order valence-electron chi connectivity index (χ3n) is 11.7. The van der Waals surface area contributed by atoms with Crippen LogP contribution in [0.15, 0.2) is 139 Å². The Bertz CT molecular complexity index is 2220. The summed E-state index contributed by atoms with van der Waals surface area (Å²) >= 11 is 0. The number of hydrogen-bond acceptors (Lipinski definition) is 1. The first-order chi connectivity index (χ1) is 26.5. The van der Waals surface area contributed by atoms with E-state index in [2.05, 4.69) is 171 Å². The zero-order valence-electron chi connectivity index (χ0n) is 32.4. The lowest BCUT2D eigenvalue weighted by Gasteiger charge is -2.29. The molecule has 0 radical (unpaired) electrons. The summed E-state index contributed by atoms with van der Waals surface area (Å²) in [6.45, 7) is 6.64. The first kappa shape index (κ1) is 35.6. The third kappa shape index (κ3) is 8.07. The summed E-state index contributed by atoms with van der Waals surface area (Å²) in [6, 6.07) is 47.7. The lowest BCUT2D eigenvalue weighted by Crippen LogP contribution is -2.12. The molecule has 54 heavy (non-hydrogen) atoms. The molecule has 1 nitrogen and oxygen atoms in total. The van der Waals surface area contributed by atoms with Gasteiger partial charge in [0.05, 0.1) is 5.69 Å². The topological polar surface area (TPSA) is 3.24 Å². The minimum atomic E-state index is 1.15. The highest BCUT2D eigenvalue weighted by Crippen LogP contribution is 2.42. The van der Waals surface area contributed by atoms with Crippen LogP contribution >= 0.6 is 0 Å². The Kier molecular flexibility index (Phi) is 10.8. The molecular weight excluding hydrogens is 651 g/mol. The van der Waals surface area contributed by atoms with Crippen molar-refractivity contribution in [3.05, 3.63) is 183 Å². The van der Waals surface area contributed by atoms with E-state index < -0.39 is 0 Å². The second-order valence-electron chi connectivity index (χ2n) is 15.7. The molecule has 8 rings (SSSR count). The number of nitrogens with zero attached hydrogens (tertiary/aromatic N) is 1. The summed E-state index contributed by atoms with van der Waals surface area (Å²) in [7, 11) is 0. The van der Waals surface area contributed by atoms with Gasteiger partial charge in [0.15, 0.2) is 0 Å². The first-order valence-electron chi connectivity index (χ1n) is 20.3. The van der Waals surface area contributed by atoms with Gasteiger partial charge in [0.2, 0.25) is 0 Å². The minimum absolute atomic E-state index is 1.15. The predicted octanol–water partition coefficient (Wildman–Crippen LogP) is 15.5. The zero-order valence-corrected chi connectivity index (χ0v) is 32.4. The van der Waals surface area contributed by atoms with E-state index in [4.69, 9.17) is 0 Å². The highest BCUT2D eigenvalue weighted by atomic mass is 15.1. The Balaban J connectivity index is 1.18. The Morgan fingerprint density at radius 3 is 1.52 bits per heavy atom. The van der Waals surface area contributed by atoms with Crippen molar-refractivity contribution in [3.8, 4) is 0 Å². The molecule has 0 aromatic heterocycles. The van der Waals surface area contributed by atoms with Crippen LogP contribution in [0.2, 0.25) is 0 Å². The molecule has 2 saturated carbocycles. The summed E-state index contributed by atoms with van der Waals surface area (Å²) in [4.78, 5) is 2.44. The third-order valence-corrected chi connectivity index (χ3v) is 11.7. The average molecular weight is 704 g/mol. The standard InChI is InChI=1S/C53H53N/c1-38-18-30-49(31-19-38)54(53-40(3)39(2)34-48-16-10-11-17-51(48)53)50-32-24-45(25-33-50)37-52(46-26-20-43(21-27-46)35-41-12-6-4-7-13-41)47-28-22-44(23-29-47)36-42-14-8-5-9-15-42/h10-11,16-37H,4-9,12-15H2,1-3H3. The van der Waals surface area contributed by atoms with Crippen molar-refractivity contribution in [1.29, 1.82) is 0 Å². The number of anilines is 3. The van der Waals surface area contributed by atoms with Gasteiger partial charge in [0.25, 0.3) is 0 Å². The largest absolute Gasteiger partial charge is 0.310 e. The fourth-order valence-corrected chi connectivity index (χ4v) is 8.47. The van der Waals surface area contributed by atoms with Gasteiger partial charge >= 0.3 is 0 Å². The zero-order chi connectivity index (χ0) is 36.9. The predicted molar refractivity (Wildman–Crippen MR) is 235 cm³/mol. The fraction of sp³-hybridized carbons (Fsp3) is 0.245. The summed E-state index contributed by atoms with van der Waals surface area (Å²) in [5.74, 6) is 0. The lowest BCUT2D eigenvalue weighted by atomic mass is 9.91. The van der Waals surface area contributed by atoms with E-state index in [9.17, 15) is 0 Å². The molecule has 0 spiro atoms. The lowest BCUT2D eigenvalue weighted by molar-refractivity contribution is 0.602. The maximum atomic E-state index is 2.44. The molecule has 2 fully saturated rings. The molecule has 0 heterocycles. The highest BCUT2D eigenvalue weighted by molar-refractivity contribution is 6.01. The van der Waals surface area contributed by atoms with E-state index in [1.165, 1.54) is 131 Å². The van der Waals surface area contributed by atoms with Gasteiger partial charge in [-0.3, -0.25) is 0 Å². The van der Waals surface area contributed by atoms with Crippen LogP contribution in [-0.2, 0) is 0 Å². The molecule has 1 heteroatoms. The Morgan fingerprint density at radius 2 is 0.981 bits per heavy atom. The monoisotopic (exact) mass is 703 g/mol. The smallest absolute Gasteiger partial charge is 0.0571 e. The van der Waals surface area contributed by atoms with Gasteiger partial charge in [0.1, 0.15) is 0 Å². The van der Waals surface area contributed by atoms with Crippen molar-refractivity contribution in [2.75, 3.05) is 4.90 Å². The molecule has 6 aromatic rings. The molecule has 2 aliphatic carbocycles. The number of hydrogen-bond donors (Lipinski definition) is 0. The van der Waals surface area contributed by atoms with E-state index in [1.807, 2.05) is 0 Å². The van der Waals surface area contributed by atoms with Gasteiger partial charge in [-0.25, -0.2) is 0 Å². The van der Waals surface area contributed by atoms with Crippen molar-refractivity contribution in [2.45, 2.75) is 85.0 Å². The van der Waals surface area contributed by atoms with E-state index in [-0.39, 0.29) is 0 Å². The summed E-state index contributed by atoms with van der Waals surface area (Å²) in [5, 5.41) is 2.52. The maximum Gasteiger partial charge on any atom is 0.0571 e. The molecule has 0 N–H and O–H groups in total. The number of fused-ring (bicyclic) bond motifs is 1. The summed E-state index contributed by atoms with van der Waals surface area (Å²) in [5.41, 5.74) is 18.1. The van der Waals surface area contributed by atoms with E-state index in [0.717, 1.165) is 11.4 Å². The maximum absolute atomic E-state index is 2.44. The van der Waals surface area contributed by atoms with Crippen LogP contribution in [0.25, 0.3) is 34.6 Å². The van der Waals surface area contributed by atoms with Gasteiger partial charge < -0.3 is 4.90 Å². The van der Waals surface area contributed by atoms with E-state index in [0.29, 0.717) is 0 Å². The molecule has 6 aromatic carbocycles. The highest BCUT2D eigenvalue weighted by Gasteiger charge is 2.19. The van der Waals surface area contributed by atoms with Gasteiger partial charge in [0, 0.05) is 16.8 Å². The summed E-state index contributed by atoms with van der Waals surface area (Å²) in [6.07, 6.45) is 20.2. The molecular formula is C53H53N. The van der Waals surface area contributed by atoms with Crippen LogP contribution in [0.1, 0.15) is 109 Å². The van der Waals surface area contributed by atoms with Crippen molar-refractivity contribution in [1.82, 2.24) is 0 Å². The van der Waals surface area contributed by atoms with Crippen LogP contribution in [0, 0.1) is 20.8 Å². The molecule has 270 valence electrons. The van der Waals surface area contributed by atoms with Crippen molar-refractivity contribution < 1.29 is 0 Å². The van der Waals surface area contributed by atoms with Crippen LogP contribution in [0.3, 0.4) is 0 Å². The van der Waals surface area contributed by atoms with Crippen LogP contribution in [-0.4, -0.2) is 0 Å². The van der Waals surface area contributed by atoms with Crippen LogP contribution in [0.5, 0.6) is 0 Å². The quantitative estimate of drug-likeness (QED) is 0.143. The van der Waals surface area contributed by atoms with Gasteiger partial charge in [-0.05, 0) is 152 Å². The van der Waals surface area contributed by atoms with Crippen molar-refractivity contribution in [2.24, 2.45) is 0 Å². The molecule has 0 amide bonds. The summed E-state index contributed by atoms with van der Waals surface area (Å²) < 4.78 is 0. The molecule has 0 bridgehead atoms. The van der Waals surface area contributed by atoms with Crippen molar-refractivity contribution in [3.63, 3.8) is 0 Å². The number of allylic oxidation sites excluding steroid dienone is 2. The SMILES string of the molecule is Cc1ccc(N(c2ccc(C=C(c3ccc(C=C4CCCCC4)cc3)c3ccc(C=C4CCCCC4)cc3)cc2)c2c(C)c(C)cc3ccccc23)cc1. The molecule has 0 atom stereocenters. The van der Waals surface area contributed by atoms with Gasteiger partial charge in [-0.2, -0.15) is 0 Å². The second kappa shape index (κ2) is 16.3. The molecule has 0 aliphatic heterocycles. The van der Waals surface area contributed by atoms with Crippen molar-refractivity contribution >= 4 is 51.6 Å². The number of aryl methyl sites for hydroxylation is 2. The Hall–Kier alpha value is -5.40.